The second-order valence-electron chi connectivity index (χ2n) is 4.44. The minimum atomic E-state index is 0.180. The van der Waals surface area contributed by atoms with Crippen molar-refractivity contribution in [2.24, 2.45) is 0 Å². The molecule has 0 aliphatic heterocycles. The van der Waals surface area contributed by atoms with E-state index in [9.17, 15) is 0 Å². The maximum absolute atomic E-state index is 6.04. The summed E-state index contributed by atoms with van der Waals surface area (Å²) in [6.07, 6.45) is 0. The SMILES string of the molecule is Cc1nc(Br)cc(N(C)C(C)c2cccc(Cl)c2)n1. The van der Waals surface area contributed by atoms with Gasteiger partial charge in [-0.25, -0.2) is 9.97 Å². The van der Waals surface area contributed by atoms with Gasteiger partial charge in [-0.2, -0.15) is 0 Å². The first-order valence-electron chi connectivity index (χ1n) is 5.97. The first-order chi connectivity index (χ1) is 8.97. The molecule has 1 aromatic heterocycles. The fourth-order valence-electron chi connectivity index (χ4n) is 1.89. The van der Waals surface area contributed by atoms with E-state index < -0.39 is 0 Å². The van der Waals surface area contributed by atoms with Gasteiger partial charge in [-0.05, 0) is 47.5 Å². The zero-order chi connectivity index (χ0) is 14.0. The molecule has 0 saturated carbocycles. The number of rotatable bonds is 3. The molecule has 1 aromatic carbocycles. The van der Waals surface area contributed by atoms with Crippen LogP contribution in [0.5, 0.6) is 0 Å². The Morgan fingerprint density at radius 1 is 1.26 bits per heavy atom. The van der Waals surface area contributed by atoms with Crippen LogP contribution in [0.15, 0.2) is 34.9 Å². The molecule has 0 saturated heterocycles. The molecular formula is C14H15BrClN3. The monoisotopic (exact) mass is 339 g/mol. The van der Waals surface area contributed by atoms with Gasteiger partial charge in [-0.15, -0.1) is 0 Å². The van der Waals surface area contributed by atoms with Crippen molar-refractivity contribution in [3.8, 4) is 0 Å². The van der Waals surface area contributed by atoms with Gasteiger partial charge in [0, 0.05) is 18.1 Å². The lowest BCUT2D eigenvalue weighted by Gasteiger charge is -2.26. The number of anilines is 1. The number of hydrogen-bond acceptors (Lipinski definition) is 3. The van der Waals surface area contributed by atoms with Crippen LogP contribution in [0, 0.1) is 6.92 Å². The molecule has 2 aromatic rings. The van der Waals surface area contributed by atoms with Crippen LogP contribution in [0.3, 0.4) is 0 Å². The molecule has 100 valence electrons. The van der Waals surface area contributed by atoms with E-state index in [0.29, 0.717) is 0 Å². The van der Waals surface area contributed by atoms with Crippen molar-refractivity contribution in [1.82, 2.24) is 9.97 Å². The van der Waals surface area contributed by atoms with Crippen LogP contribution in [-0.2, 0) is 0 Å². The van der Waals surface area contributed by atoms with Gasteiger partial charge < -0.3 is 4.90 Å². The van der Waals surface area contributed by atoms with Crippen LogP contribution in [0.4, 0.5) is 5.82 Å². The van der Waals surface area contributed by atoms with E-state index in [0.717, 1.165) is 26.8 Å². The summed E-state index contributed by atoms with van der Waals surface area (Å²) in [6.45, 7) is 4.00. The standard InChI is InChI=1S/C14H15BrClN3/c1-9(11-5-4-6-12(16)7-11)19(3)14-8-13(15)17-10(2)18-14/h4-9H,1-3H3. The lowest BCUT2D eigenvalue weighted by atomic mass is 10.1. The Morgan fingerprint density at radius 3 is 2.63 bits per heavy atom. The molecular weight excluding hydrogens is 326 g/mol. The van der Waals surface area contributed by atoms with Crippen LogP contribution >= 0.6 is 27.5 Å². The Kier molecular flexibility index (Phi) is 4.42. The summed E-state index contributed by atoms with van der Waals surface area (Å²) in [6, 6.07) is 9.97. The van der Waals surface area contributed by atoms with Gasteiger partial charge in [0.15, 0.2) is 0 Å². The summed E-state index contributed by atoms with van der Waals surface area (Å²) >= 11 is 9.44. The number of nitrogens with zero attached hydrogens (tertiary/aromatic N) is 3. The number of halogens is 2. The molecule has 2 rings (SSSR count). The Morgan fingerprint density at radius 2 is 2.00 bits per heavy atom. The molecule has 0 aliphatic carbocycles. The average molecular weight is 341 g/mol. The molecule has 1 heterocycles. The van der Waals surface area contributed by atoms with Crippen LogP contribution in [-0.4, -0.2) is 17.0 Å². The Labute approximate surface area is 126 Å². The lowest BCUT2D eigenvalue weighted by molar-refractivity contribution is 0.724. The van der Waals surface area contributed by atoms with Gasteiger partial charge in [0.25, 0.3) is 0 Å². The molecule has 0 amide bonds. The summed E-state index contributed by atoms with van der Waals surface area (Å²) in [5.41, 5.74) is 1.15. The van der Waals surface area contributed by atoms with Crippen molar-refractivity contribution in [3.05, 3.63) is 51.3 Å². The molecule has 5 heteroatoms. The van der Waals surface area contributed by atoms with E-state index in [-0.39, 0.29) is 6.04 Å². The fourth-order valence-corrected chi connectivity index (χ4v) is 2.55. The van der Waals surface area contributed by atoms with Crippen LogP contribution in [0.2, 0.25) is 5.02 Å². The number of hydrogen-bond donors (Lipinski definition) is 0. The molecule has 19 heavy (non-hydrogen) atoms. The van der Waals surface area contributed by atoms with Crippen molar-refractivity contribution in [2.45, 2.75) is 19.9 Å². The second kappa shape index (κ2) is 5.88. The molecule has 0 radical (unpaired) electrons. The maximum atomic E-state index is 6.04. The molecule has 0 spiro atoms. The highest BCUT2D eigenvalue weighted by molar-refractivity contribution is 9.10. The van der Waals surface area contributed by atoms with E-state index in [2.05, 4.69) is 43.8 Å². The highest BCUT2D eigenvalue weighted by atomic mass is 79.9. The number of benzene rings is 1. The van der Waals surface area contributed by atoms with Gasteiger partial charge in [0.2, 0.25) is 0 Å². The minimum absolute atomic E-state index is 0.180. The van der Waals surface area contributed by atoms with Crippen molar-refractivity contribution >= 4 is 33.3 Å². The Hall–Kier alpha value is -1.13. The summed E-state index contributed by atoms with van der Waals surface area (Å²) < 4.78 is 0.792. The summed E-state index contributed by atoms with van der Waals surface area (Å²) in [5.74, 6) is 1.63. The molecule has 0 aliphatic rings. The Bertz CT molecular complexity index is 568. The highest BCUT2D eigenvalue weighted by Gasteiger charge is 2.14. The van der Waals surface area contributed by atoms with Crippen LogP contribution < -0.4 is 4.90 Å². The summed E-state index contributed by atoms with van der Waals surface area (Å²) in [7, 11) is 2.01. The van der Waals surface area contributed by atoms with E-state index >= 15 is 0 Å². The van der Waals surface area contributed by atoms with Gasteiger partial charge in [-0.3, -0.25) is 0 Å². The third-order valence-electron chi connectivity index (χ3n) is 3.07. The number of aryl methyl sites for hydroxylation is 1. The second-order valence-corrected chi connectivity index (χ2v) is 5.69. The quantitative estimate of drug-likeness (QED) is 0.776. The van der Waals surface area contributed by atoms with Crippen LogP contribution in [0.1, 0.15) is 24.4 Å². The van der Waals surface area contributed by atoms with Gasteiger partial charge in [0.05, 0.1) is 6.04 Å². The van der Waals surface area contributed by atoms with Crippen molar-refractivity contribution in [3.63, 3.8) is 0 Å². The van der Waals surface area contributed by atoms with Crippen molar-refractivity contribution < 1.29 is 0 Å². The molecule has 1 unspecified atom stereocenters. The summed E-state index contributed by atoms with van der Waals surface area (Å²) in [4.78, 5) is 10.8. The van der Waals surface area contributed by atoms with Crippen molar-refractivity contribution in [2.75, 3.05) is 11.9 Å². The molecule has 0 bridgehead atoms. The smallest absolute Gasteiger partial charge is 0.133 e. The lowest BCUT2D eigenvalue weighted by Crippen LogP contribution is -2.23. The highest BCUT2D eigenvalue weighted by Crippen LogP contribution is 2.26. The van der Waals surface area contributed by atoms with Crippen molar-refractivity contribution in [1.29, 1.82) is 0 Å². The third kappa shape index (κ3) is 3.45. The topological polar surface area (TPSA) is 29.0 Å². The average Bonchev–Trinajstić information content (AvgIpc) is 2.36. The fraction of sp³-hybridized carbons (Fsp3) is 0.286. The molecule has 1 atom stereocenters. The van der Waals surface area contributed by atoms with Gasteiger partial charge >= 0.3 is 0 Å². The minimum Gasteiger partial charge on any atom is -0.353 e. The predicted molar refractivity (Wildman–Crippen MR) is 82.7 cm³/mol. The first kappa shape index (κ1) is 14.3. The third-order valence-corrected chi connectivity index (χ3v) is 3.71. The first-order valence-corrected chi connectivity index (χ1v) is 7.14. The zero-order valence-electron chi connectivity index (χ0n) is 11.1. The van der Waals surface area contributed by atoms with Crippen LogP contribution in [0.25, 0.3) is 0 Å². The van der Waals surface area contributed by atoms with E-state index in [1.165, 1.54) is 0 Å². The zero-order valence-corrected chi connectivity index (χ0v) is 13.4. The van der Waals surface area contributed by atoms with Gasteiger partial charge in [0.1, 0.15) is 16.2 Å². The van der Waals surface area contributed by atoms with E-state index in [4.69, 9.17) is 11.6 Å². The molecule has 0 fully saturated rings. The predicted octanol–water partition coefficient (Wildman–Crippen LogP) is 4.40. The maximum Gasteiger partial charge on any atom is 0.133 e. The number of aromatic nitrogens is 2. The molecule has 0 N–H and O–H groups in total. The molecule has 3 nitrogen and oxygen atoms in total. The van der Waals surface area contributed by atoms with E-state index in [1.807, 2.05) is 38.2 Å². The largest absolute Gasteiger partial charge is 0.353 e. The van der Waals surface area contributed by atoms with E-state index in [1.54, 1.807) is 0 Å². The summed E-state index contributed by atoms with van der Waals surface area (Å²) in [5, 5.41) is 0.748. The normalized spacial score (nSPS) is 12.3. The van der Waals surface area contributed by atoms with Gasteiger partial charge in [-0.1, -0.05) is 23.7 Å². The Balaban J connectivity index is 2.30.